The SMILES string of the molecule is COCCCN(CC(=O)N(Cc1ccc2c(c1)OCO2)Cc1cccs1)C(=O)/C=C/c1ccccc1. The molecule has 0 radical (unpaired) electrons. The Morgan fingerprint density at radius 1 is 1.00 bits per heavy atom. The highest BCUT2D eigenvalue weighted by Crippen LogP contribution is 2.33. The van der Waals surface area contributed by atoms with Gasteiger partial charge in [-0.05, 0) is 47.2 Å². The second kappa shape index (κ2) is 12.9. The molecule has 0 atom stereocenters. The molecule has 1 aliphatic heterocycles. The molecular weight excluding hydrogens is 476 g/mol. The first kappa shape index (κ1) is 25.5. The standard InChI is InChI=1S/C28H30N2O5S/c1-33-15-6-14-29(27(31)13-11-22-7-3-2-4-8-22)20-28(32)30(19-24-9-5-16-36-24)18-23-10-12-25-26(17-23)35-21-34-25/h2-5,7-13,16-17H,6,14-15,18-21H2,1H3/b13-11+. The van der Waals surface area contributed by atoms with E-state index in [9.17, 15) is 9.59 Å². The number of nitrogens with zero attached hydrogens (tertiary/aromatic N) is 2. The summed E-state index contributed by atoms with van der Waals surface area (Å²) in [6, 6.07) is 19.3. The molecule has 3 aromatic rings. The number of thiophene rings is 1. The minimum absolute atomic E-state index is 0.0163. The van der Waals surface area contributed by atoms with Gasteiger partial charge in [0, 0.05) is 37.8 Å². The molecule has 0 aliphatic carbocycles. The van der Waals surface area contributed by atoms with Crippen LogP contribution in [0.4, 0.5) is 0 Å². The highest BCUT2D eigenvalue weighted by atomic mass is 32.1. The predicted octanol–water partition coefficient (Wildman–Crippen LogP) is 4.58. The van der Waals surface area contributed by atoms with E-state index in [1.165, 1.54) is 6.08 Å². The Bertz CT molecular complexity index is 1160. The first-order chi connectivity index (χ1) is 17.6. The van der Waals surface area contributed by atoms with Crippen molar-refractivity contribution in [2.75, 3.05) is 33.6 Å². The maximum Gasteiger partial charge on any atom is 0.247 e. The molecule has 0 fully saturated rings. The number of amides is 2. The van der Waals surface area contributed by atoms with Crippen LogP contribution in [0.2, 0.25) is 0 Å². The summed E-state index contributed by atoms with van der Waals surface area (Å²) in [7, 11) is 1.63. The first-order valence-electron chi connectivity index (χ1n) is 11.8. The van der Waals surface area contributed by atoms with Crippen LogP contribution >= 0.6 is 11.3 Å². The molecule has 1 aliphatic rings. The van der Waals surface area contributed by atoms with E-state index in [1.54, 1.807) is 34.3 Å². The third kappa shape index (κ3) is 7.19. The summed E-state index contributed by atoms with van der Waals surface area (Å²) in [6.45, 7) is 1.98. The summed E-state index contributed by atoms with van der Waals surface area (Å²) >= 11 is 1.60. The van der Waals surface area contributed by atoms with Gasteiger partial charge in [-0.2, -0.15) is 0 Å². The fourth-order valence-corrected chi connectivity index (χ4v) is 4.57. The van der Waals surface area contributed by atoms with Gasteiger partial charge in [0.2, 0.25) is 18.6 Å². The molecule has 0 unspecified atom stereocenters. The Morgan fingerprint density at radius 2 is 1.83 bits per heavy atom. The van der Waals surface area contributed by atoms with E-state index in [1.807, 2.05) is 66.0 Å². The Kier molecular flexibility index (Phi) is 9.13. The van der Waals surface area contributed by atoms with Gasteiger partial charge in [-0.1, -0.05) is 42.5 Å². The van der Waals surface area contributed by atoms with E-state index in [2.05, 4.69) is 0 Å². The predicted molar refractivity (Wildman–Crippen MR) is 140 cm³/mol. The van der Waals surface area contributed by atoms with E-state index in [0.717, 1.165) is 16.0 Å². The average Bonchev–Trinajstić information content (AvgIpc) is 3.59. The molecule has 0 bridgehead atoms. The van der Waals surface area contributed by atoms with Crippen molar-refractivity contribution in [2.24, 2.45) is 0 Å². The topological polar surface area (TPSA) is 68.3 Å². The molecule has 0 spiro atoms. The quantitative estimate of drug-likeness (QED) is 0.266. The van der Waals surface area contributed by atoms with Crippen molar-refractivity contribution >= 4 is 29.2 Å². The third-order valence-corrected chi connectivity index (χ3v) is 6.58. The summed E-state index contributed by atoms with van der Waals surface area (Å²) < 4.78 is 16.1. The Labute approximate surface area is 215 Å². The highest BCUT2D eigenvalue weighted by molar-refractivity contribution is 7.09. The van der Waals surface area contributed by atoms with Crippen LogP contribution in [0.5, 0.6) is 11.5 Å². The molecular formula is C28H30N2O5S. The normalized spacial score (nSPS) is 12.1. The summed E-state index contributed by atoms with van der Waals surface area (Å²) in [5.74, 6) is 1.05. The zero-order valence-electron chi connectivity index (χ0n) is 20.3. The molecule has 8 heteroatoms. The monoisotopic (exact) mass is 506 g/mol. The lowest BCUT2D eigenvalue weighted by molar-refractivity contribution is -0.139. The maximum absolute atomic E-state index is 13.6. The number of carbonyl (C=O) groups is 2. The molecule has 0 saturated heterocycles. The third-order valence-electron chi connectivity index (χ3n) is 5.72. The van der Waals surface area contributed by atoms with Gasteiger partial charge in [0.25, 0.3) is 0 Å². The van der Waals surface area contributed by atoms with Crippen LogP contribution in [0.3, 0.4) is 0 Å². The summed E-state index contributed by atoms with van der Waals surface area (Å²) in [4.78, 5) is 31.1. The second-order valence-corrected chi connectivity index (χ2v) is 9.40. The van der Waals surface area contributed by atoms with Crippen molar-refractivity contribution in [1.82, 2.24) is 9.80 Å². The van der Waals surface area contributed by atoms with Gasteiger partial charge in [-0.25, -0.2) is 0 Å². The molecule has 0 N–H and O–H groups in total. The van der Waals surface area contributed by atoms with Gasteiger partial charge < -0.3 is 24.0 Å². The van der Waals surface area contributed by atoms with Crippen LogP contribution in [0.25, 0.3) is 6.08 Å². The van der Waals surface area contributed by atoms with E-state index in [-0.39, 0.29) is 25.2 Å². The summed E-state index contributed by atoms with van der Waals surface area (Å²) in [5.41, 5.74) is 1.86. The van der Waals surface area contributed by atoms with Crippen molar-refractivity contribution in [3.05, 3.63) is 88.1 Å². The Hall–Kier alpha value is -3.62. The lowest BCUT2D eigenvalue weighted by Crippen LogP contribution is -2.42. The molecule has 2 aromatic carbocycles. The largest absolute Gasteiger partial charge is 0.454 e. The second-order valence-electron chi connectivity index (χ2n) is 8.37. The minimum atomic E-state index is -0.206. The lowest BCUT2D eigenvalue weighted by atomic mass is 10.1. The first-order valence-corrected chi connectivity index (χ1v) is 12.7. The van der Waals surface area contributed by atoms with Crippen molar-refractivity contribution in [2.45, 2.75) is 19.5 Å². The highest BCUT2D eigenvalue weighted by Gasteiger charge is 2.22. The van der Waals surface area contributed by atoms with E-state index >= 15 is 0 Å². The van der Waals surface area contributed by atoms with Crippen LogP contribution in [-0.2, 0) is 27.4 Å². The number of benzene rings is 2. The number of hydrogen-bond donors (Lipinski definition) is 0. The summed E-state index contributed by atoms with van der Waals surface area (Å²) in [6.07, 6.45) is 3.94. The molecule has 2 amide bonds. The molecule has 1 aromatic heterocycles. The maximum atomic E-state index is 13.6. The fourth-order valence-electron chi connectivity index (χ4n) is 3.85. The van der Waals surface area contributed by atoms with Crippen LogP contribution in [0.15, 0.2) is 72.1 Å². The lowest BCUT2D eigenvalue weighted by Gasteiger charge is -2.27. The zero-order valence-corrected chi connectivity index (χ0v) is 21.1. The van der Waals surface area contributed by atoms with E-state index in [0.29, 0.717) is 44.2 Å². The van der Waals surface area contributed by atoms with Gasteiger partial charge in [0.05, 0.1) is 6.54 Å². The van der Waals surface area contributed by atoms with Gasteiger partial charge >= 0.3 is 0 Å². The van der Waals surface area contributed by atoms with E-state index in [4.69, 9.17) is 14.2 Å². The number of carbonyl (C=O) groups excluding carboxylic acids is 2. The molecule has 36 heavy (non-hydrogen) atoms. The number of rotatable bonds is 12. The van der Waals surface area contributed by atoms with Gasteiger partial charge in [-0.15, -0.1) is 11.3 Å². The van der Waals surface area contributed by atoms with Crippen LogP contribution in [0, 0.1) is 0 Å². The van der Waals surface area contributed by atoms with Crippen molar-refractivity contribution < 1.29 is 23.8 Å². The zero-order chi connectivity index (χ0) is 25.2. The van der Waals surface area contributed by atoms with Crippen LogP contribution < -0.4 is 9.47 Å². The molecule has 4 rings (SSSR count). The summed E-state index contributed by atoms with van der Waals surface area (Å²) in [5, 5.41) is 1.99. The number of ether oxygens (including phenoxy) is 3. The van der Waals surface area contributed by atoms with Crippen LogP contribution in [0.1, 0.15) is 22.4 Å². The molecule has 0 saturated carbocycles. The Balaban J connectivity index is 1.49. The number of methoxy groups -OCH3 is 1. The number of hydrogen-bond acceptors (Lipinski definition) is 6. The molecule has 7 nitrogen and oxygen atoms in total. The van der Waals surface area contributed by atoms with Crippen molar-refractivity contribution in [3.63, 3.8) is 0 Å². The van der Waals surface area contributed by atoms with Crippen molar-refractivity contribution in [1.29, 1.82) is 0 Å². The van der Waals surface area contributed by atoms with Gasteiger partial charge in [0.1, 0.15) is 6.54 Å². The van der Waals surface area contributed by atoms with Gasteiger partial charge in [-0.3, -0.25) is 9.59 Å². The van der Waals surface area contributed by atoms with E-state index < -0.39 is 0 Å². The average molecular weight is 507 g/mol. The molecule has 188 valence electrons. The fraction of sp³-hybridized carbons (Fsp3) is 0.286. The number of fused-ring (bicyclic) bond motifs is 1. The Morgan fingerprint density at radius 3 is 2.61 bits per heavy atom. The minimum Gasteiger partial charge on any atom is -0.454 e. The van der Waals surface area contributed by atoms with Crippen LogP contribution in [-0.4, -0.2) is 55.2 Å². The van der Waals surface area contributed by atoms with Crippen molar-refractivity contribution in [3.8, 4) is 11.5 Å². The van der Waals surface area contributed by atoms with Gasteiger partial charge in [0.15, 0.2) is 11.5 Å². The molecule has 2 heterocycles. The smallest absolute Gasteiger partial charge is 0.247 e.